The number of hydrogen-bond acceptors (Lipinski definition) is 7. The minimum atomic E-state index is -0.473. The second-order valence-electron chi connectivity index (χ2n) is 7.07. The van der Waals surface area contributed by atoms with Crippen LogP contribution in [0.2, 0.25) is 0 Å². The molecule has 28 heavy (non-hydrogen) atoms. The molecule has 0 aromatic heterocycles. The van der Waals surface area contributed by atoms with Crippen LogP contribution in [0.1, 0.15) is 39.2 Å². The summed E-state index contributed by atoms with van der Waals surface area (Å²) in [6.07, 6.45) is 0.432. The van der Waals surface area contributed by atoms with E-state index >= 15 is 0 Å². The largest absolute Gasteiger partial charge is 0.461 e. The van der Waals surface area contributed by atoms with Crippen LogP contribution in [-0.4, -0.2) is 57.2 Å². The molecule has 0 heterocycles. The van der Waals surface area contributed by atoms with Gasteiger partial charge >= 0.3 is 11.9 Å². The first-order valence-electron chi connectivity index (χ1n) is 9.51. The zero-order chi connectivity index (χ0) is 20.7. The lowest BCUT2D eigenvalue weighted by atomic mass is 10.2. The van der Waals surface area contributed by atoms with Crippen LogP contribution in [0.3, 0.4) is 0 Å². The lowest BCUT2D eigenvalue weighted by molar-refractivity contribution is -0.156. The van der Waals surface area contributed by atoms with Crippen LogP contribution in [0.25, 0.3) is 0 Å². The first-order chi connectivity index (χ1) is 13.4. The molecule has 0 spiro atoms. The molecule has 0 aliphatic carbocycles. The predicted octanol–water partition coefficient (Wildman–Crippen LogP) is 2.90. The Morgan fingerprint density at radius 3 is 1.79 bits per heavy atom. The number of esters is 2. The predicted molar refractivity (Wildman–Crippen MR) is 104 cm³/mol. The van der Waals surface area contributed by atoms with Crippen molar-refractivity contribution in [3.63, 3.8) is 0 Å². The van der Waals surface area contributed by atoms with Gasteiger partial charge in [0.1, 0.15) is 12.2 Å². The van der Waals surface area contributed by atoms with E-state index in [4.69, 9.17) is 23.7 Å². The molecule has 0 saturated heterocycles. The van der Waals surface area contributed by atoms with Crippen LogP contribution < -0.4 is 0 Å². The summed E-state index contributed by atoms with van der Waals surface area (Å²) in [7, 11) is 0. The van der Waals surface area contributed by atoms with Gasteiger partial charge in [0, 0.05) is 0 Å². The van der Waals surface area contributed by atoms with Crippen molar-refractivity contribution in [1.82, 2.24) is 0 Å². The average molecular weight is 396 g/mol. The monoisotopic (exact) mass is 396 g/mol. The summed E-state index contributed by atoms with van der Waals surface area (Å²) < 4.78 is 26.3. The zero-order valence-corrected chi connectivity index (χ0v) is 17.1. The first-order valence-corrected chi connectivity index (χ1v) is 9.51. The van der Waals surface area contributed by atoms with E-state index < -0.39 is 5.60 Å². The summed E-state index contributed by atoms with van der Waals surface area (Å²) in [5.74, 6) is -0.563. The number of rotatable bonds is 14. The first kappa shape index (κ1) is 24.1. The Morgan fingerprint density at radius 2 is 1.25 bits per heavy atom. The standard InChI is InChI=1S/C21H32O7/c1-21(2,3)28-20(23)10-12-25-14-16-26-15-13-24-11-9-19(22)27-17-18-7-5-4-6-8-18/h4-8H,9-17H2,1-3H3. The summed E-state index contributed by atoms with van der Waals surface area (Å²) in [6.45, 7) is 7.98. The normalized spacial score (nSPS) is 11.2. The van der Waals surface area contributed by atoms with Gasteiger partial charge in [-0.1, -0.05) is 30.3 Å². The van der Waals surface area contributed by atoms with E-state index in [-0.39, 0.29) is 31.4 Å². The molecule has 0 N–H and O–H groups in total. The van der Waals surface area contributed by atoms with Crippen molar-refractivity contribution in [3.8, 4) is 0 Å². The van der Waals surface area contributed by atoms with E-state index in [0.29, 0.717) is 39.6 Å². The molecule has 7 heteroatoms. The molecular formula is C21H32O7. The molecule has 0 saturated carbocycles. The van der Waals surface area contributed by atoms with Gasteiger partial charge in [0.15, 0.2) is 0 Å². The fraction of sp³-hybridized carbons (Fsp3) is 0.619. The molecule has 0 aliphatic rings. The zero-order valence-electron chi connectivity index (χ0n) is 17.1. The van der Waals surface area contributed by atoms with Crippen molar-refractivity contribution in [1.29, 1.82) is 0 Å². The van der Waals surface area contributed by atoms with E-state index in [1.807, 2.05) is 51.1 Å². The van der Waals surface area contributed by atoms with E-state index in [1.165, 1.54) is 0 Å². The third kappa shape index (κ3) is 14.1. The highest BCUT2D eigenvalue weighted by Crippen LogP contribution is 2.08. The summed E-state index contributed by atoms with van der Waals surface area (Å²) in [4.78, 5) is 23.1. The van der Waals surface area contributed by atoms with E-state index in [1.54, 1.807) is 0 Å². The Bertz CT molecular complexity index is 552. The molecule has 0 amide bonds. The molecular weight excluding hydrogens is 364 g/mol. The molecule has 0 unspecified atom stereocenters. The molecule has 1 rings (SSSR count). The van der Waals surface area contributed by atoms with Crippen molar-refractivity contribution in [2.75, 3.05) is 39.6 Å². The van der Waals surface area contributed by atoms with Gasteiger partial charge in [-0.2, -0.15) is 0 Å². The molecule has 158 valence electrons. The lowest BCUT2D eigenvalue weighted by Gasteiger charge is -2.19. The fourth-order valence-corrected chi connectivity index (χ4v) is 2.06. The Morgan fingerprint density at radius 1 is 0.750 bits per heavy atom. The highest BCUT2D eigenvalue weighted by Gasteiger charge is 2.15. The van der Waals surface area contributed by atoms with Crippen molar-refractivity contribution >= 4 is 11.9 Å². The van der Waals surface area contributed by atoms with Crippen molar-refractivity contribution < 1.29 is 33.3 Å². The Hall–Kier alpha value is -1.96. The van der Waals surface area contributed by atoms with Gasteiger partial charge in [0.05, 0.1) is 52.5 Å². The van der Waals surface area contributed by atoms with E-state index in [0.717, 1.165) is 5.56 Å². The molecule has 7 nitrogen and oxygen atoms in total. The number of benzene rings is 1. The highest BCUT2D eigenvalue weighted by molar-refractivity contribution is 5.70. The van der Waals surface area contributed by atoms with Gasteiger partial charge < -0.3 is 23.7 Å². The second-order valence-corrected chi connectivity index (χ2v) is 7.07. The maximum absolute atomic E-state index is 11.6. The maximum atomic E-state index is 11.6. The van der Waals surface area contributed by atoms with E-state index in [2.05, 4.69) is 0 Å². The third-order valence-corrected chi connectivity index (χ3v) is 3.31. The molecule has 1 aromatic carbocycles. The SMILES string of the molecule is CC(C)(C)OC(=O)CCOCCOCCOCCC(=O)OCc1ccccc1. The third-order valence-electron chi connectivity index (χ3n) is 3.31. The summed E-state index contributed by atoms with van der Waals surface area (Å²) in [6, 6.07) is 9.53. The Balaban J connectivity index is 1.85. The van der Waals surface area contributed by atoms with Crippen molar-refractivity contribution in [3.05, 3.63) is 35.9 Å². The number of ether oxygens (including phenoxy) is 5. The number of carbonyl (C=O) groups is 2. The minimum absolute atomic E-state index is 0.209. The van der Waals surface area contributed by atoms with E-state index in [9.17, 15) is 9.59 Å². The van der Waals surface area contributed by atoms with Gasteiger partial charge in [0.25, 0.3) is 0 Å². The highest BCUT2D eigenvalue weighted by atomic mass is 16.6. The van der Waals surface area contributed by atoms with Crippen LogP contribution in [-0.2, 0) is 39.9 Å². The molecule has 0 atom stereocenters. The van der Waals surface area contributed by atoms with Gasteiger partial charge in [0.2, 0.25) is 0 Å². The van der Waals surface area contributed by atoms with Crippen LogP contribution in [0.15, 0.2) is 30.3 Å². The summed E-state index contributed by atoms with van der Waals surface area (Å²) >= 11 is 0. The summed E-state index contributed by atoms with van der Waals surface area (Å²) in [5, 5.41) is 0. The molecule has 0 aliphatic heterocycles. The Kier molecular flexibility index (Phi) is 12.1. The van der Waals surface area contributed by atoms with Crippen LogP contribution in [0.4, 0.5) is 0 Å². The average Bonchev–Trinajstić information content (AvgIpc) is 2.64. The molecule has 0 fully saturated rings. The number of carbonyl (C=O) groups excluding carboxylic acids is 2. The van der Waals surface area contributed by atoms with Crippen LogP contribution in [0.5, 0.6) is 0 Å². The second kappa shape index (κ2) is 14.1. The molecule has 0 radical (unpaired) electrons. The maximum Gasteiger partial charge on any atom is 0.308 e. The van der Waals surface area contributed by atoms with Gasteiger partial charge in [-0.25, -0.2) is 0 Å². The van der Waals surface area contributed by atoms with Crippen LogP contribution in [0, 0.1) is 0 Å². The minimum Gasteiger partial charge on any atom is -0.461 e. The van der Waals surface area contributed by atoms with Crippen molar-refractivity contribution in [2.45, 2.75) is 45.8 Å². The van der Waals surface area contributed by atoms with Gasteiger partial charge in [-0.15, -0.1) is 0 Å². The fourth-order valence-electron chi connectivity index (χ4n) is 2.06. The Labute approximate surface area is 167 Å². The van der Waals surface area contributed by atoms with Crippen LogP contribution >= 0.6 is 0 Å². The lowest BCUT2D eigenvalue weighted by Crippen LogP contribution is -2.24. The molecule has 0 bridgehead atoms. The topological polar surface area (TPSA) is 80.3 Å². The quantitative estimate of drug-likeness (QED) is 0.353. The van der Waals surface area contributed by atoms with Crippen molar-refractivity contribution in [2.24, 2.45) is 0 Å². The van der Waals surface area contributed by atoms with Gasteiger partial charge in [-0.3, -0.25) is 9.59 Å². The number of hydrogen-bond donors (Lipinski definition) is 0. The van der Waals surface area contributed by atoms with Gasteiger partial charge in [-0.05, 0) is 26.3 Å². The molecule has 1 aromatic rings. The smallest absolute Gasteiger partial charge is 0.308 e. The summed E-state index contributed by atoms with van der Waals surface area (Å²) in [5.41, 5.74) is 0.484.